The zero-order chi connectivity index (χ0) is 54.4. The van der Waals surface area contributed by atoms with Gasteiger partial charge < -0.3 is 9.80 Å². The van der Waals surface area contributed by atoms with Gasteiger partial charge in [-0.15, -0.1) is 11.3 Å². The van der Waals surface area contributed by atoms with Crippen LogP contribution < -0.4 is 25.5 Å². The van der Waals surface area contributed by atoms with Crippen LogP contribution in [0.25, 0.3) is 64.7 Å². The van der Waals surface area contributed by atoms with E-state index in [1.54, 1.807) is 0 Å². The Labute approximate surface area is 467 Å². The van der Waals surface area contributed by atoms with Gasteiger partial charge in [0, 0.05) is 43.2 Å². The molecular formula is C74H71BN2S. The zero-order valence-electron chi connectivity index (χ0n) is 47.9. The molecule has 0 bridgehead atoms. The van der Waals surface area contributed by atoms with Crippen molar-refractivity contribution in [2.45, 2.75) is 118 Å². The van der Waals surface area contributed by atoms with Crippen molar-refractivity contribution in [1.29, 1.82) is 0 Å². The first-order chi connectivity index (χ1) is 37.2. The largest absolute Gasteiger partial charge is 0.311 e. The van der Waals surface area contributed by atoms with Crippen molar-refractivity contribution in [1.82, 2.24) is 0 Å². The quantitative estimate of drug-likeness (QED) is 0.125. The molecule has 0 saturated heterocycles. The zero-order valence-corrected chi connectivity index (χ0v) is 48.7. The van der Waals surface area contributed by atoms with Crippen LogP contribution in [0.15, 0.2) is 182 Å². The number of rotatable bonds is 5. The van der Waals surface area contributed by atoms with E-state index < -0.39 is 0 Å². The molecule has 0 fully saturated rings. The lowest BCUT2D eigenvalue weighted by atomic mass is 9.36. The average molecular weight is 1030 g/mol. The van der Waals surface area contributed by atoms with Crippen molar-refractivity contribution in [3.63, 3.8) is 0 Å². The van der Waals surface area contributed by atoms with E-state index in [0.29, 0.717) is 0 Å². The van der Waals surface area contributed by atoms with E-state index in [2.05, 4.69) is 282 Å². The van der Waals surface area contributed by atoms with Gasteiger partial charge >= 0.3 is 0 Å². The van der Waals surface area contributed by atoms with Crippen LogP contribution in [0.5, 0.6) is 0 Å². The van der Waals surface area contributed by atoms with Gasteiger partial charge in [-0.2, -0.15) is 0 Å². The number of anilines is 6. The fraction of sp³-hybridized carbons (Fsp3) is 0.243. The van der Waals surface area contributed by atoms with Crippen molar-refractivity contribution in [3.8, 4) is 22.3 Å². The van der Waals surface area contributed by atoms with Gasteiger partial charge in [0.2, 0.25) is 0 Å². The van der Waals surface area contributed by atoms with Crippen molar-refractivity contribution in [2.75, 3.05) is 9.80 Å². The van der Waals surface area contributed by atoms with Crippen molar-refractivity contribution < 1.29 is 0 Å². The monoisotopic (exact) mass is 1030 g/mol. The summed E-state index contributed by atoms with van der Waals surface area (Å²) in [5.74, 6) is 0. The Morgan fingerprint density at radius 1 is 0.385 bits per heavy atom. The molecule has 2 aliphatic heterocycles. The second-order valence-electron chi connectivity index (χ2n) is 26.5. The molecule has 0 saturated carbocycles. The van der Waals surface area contributed by atoms with Crippen LogP contribution in [0.4, 0.5) is 34.1 Å². The third kappa shape index (κ3) is 8.11. The second-order valence-corrected chi connectivity index (χ2v) is 27.6. The van der Waals surface area contributed by atoms with Crippen LogP contribution in [0.2, 0.25) is 0 Å². The van der Waals surface area contributed by atoms with Gasteiger partial charge in [0.05, 0.1) is 11.4 Å². The van der Waals surface area contributed by atoms with E-state index in [1.807, 2.05) is 11.3 Å². The van der Waals surface area contributed by atoms with E-state index in [4.69, 9.17) is 0 Å². The Hall–Kier alpha value is -7.40. The molecule has 0 radical (unpaired) electrons. The molecular weight excluding hydrogens is 960 g/mol. The minimum atomic E-state index is -0.0852. The predicted molar refractivity (Wildman–Crippen MR) is 343 cm³/mol. The molecule has 3 heterocycles. The summed E-state index contributed by atoms with van der Waals surface area (Å²) in [5, 5.41) is 9.03. The van der Waals surface area contributed by atoms with Crippen LogP contribution in [0, 0.1) is 0 Å². The maximum absolute atomic E-state index is 2.66. The lowest BCUT2D eigenvalue weighted by molar-refractivity contribution is 0.569. The summed E-state index contributed by atoms with van der Waals surface area (Å²) in [6.07, 6.45) is 0.997. The topological polar surface area (TPSA) is 6.48 Å². The van der Waals surface area contributed by atoms with Crippen molar-refractivity contribution >= 4 is 110 Å². The van der Waals surface area contributed by atoms with Gasteiger partial charge in [0.15, 0.2) is 0 Å². The van der Waals surface area contributed by atoms with Gasteiger partial charge in [0.25, 0.3) is 6.71 Å². The normalized spacial score (nSPS) is 13.7. The molecule has 386 valence electrons. The molecule has 4 heteroatoms. The lowest BCUT2D eigenvalue weighted by Crippen LogP contribution is -2.60. The summed E-state index contributed by atoms with van der Waals surface area (Å²) >= 11 is 1.98. The minimum Gasteiger partial charge on any atom is -0.311 e. The highest BCUT2D eigenvalue weighted by Crippen LogP contribution is 2.51. The van der Waals surface area contributed by atoms with E-state index in [9.17, 15) is 0 Å². The standard InChI is InChI=1S/C74H71BN2S/c1-14-45-26-32-53(33-27-45)76-64-24-19-25-65-68(64)75(70-69(76)61-44-50(72(5,6)7)31-37-67(61)78-70)62-35-29-46(48-38-51(73(8,9)10)42-52(39-48)74(11,12)13)41-66(62)77(65)63-36-30-49(71(2,3)4)43-59(63)47-28-34-58-56-22-16-15-20-54(56)55-21-17-18-23-57(55)60(58)40-47/h15-44H,14H2,1-13H3. The summed E-state index contributed by atoms with van der Waals surface area (Å²) in [6.45, 7) is 30.4. The van der Waals surface area contributed by atoms with E-state index in [-0.39, 0.29) is 28.4 Å². The highest BCUT2D eigenvalue weighted by molar-refractivity contribution is 7.33. The molecule has 10 aromatic carbocycles. The molecule has 2 nitrogen and oxygen atoms in total. The molecule has 1 aromatic heterocycles. The molecule has 78 heavy (non-hydrogen) atoms. The number of hydrogen-bond donors (Lipinski definition) is 0. The number of thiophene rings is 1. The van der Waals surface area contributed by atoms with E-state index >= 15 is 0 Å². The number of nitrogens with zero attached hydrogens (tertiary/aromatic N) is 2. The average Bonchev–Trinajstić information content (AvgIpc) is 3.27. The van der Waals surface area contributed by atoms with Crippen LogP contribution in [-0.2, 0) is 28.1 Å². The van der Waals surface area contributed by atoms with Crippen LogP contribution >= 0.6 is 11.3 Å². The first kappa shape index (κ1) is 50.1. The van der Waals surface area contributed by atoms with E-state index in [0.717, 1.165) is 6.42 Å². The maximum Gasteiger partial charge on any atom is 0.264 e. The maximum atomic E-state index is 2.66. The first-order valence-electron chi connectivity index (χ1n) is 28.3. The third-order valence-corrected chi connectivity index (χ3v) is 18.4. The number of benzene rings is 10. The number of hydrogen-bond acceptors (Lipinski definition) is 3. The third-order valence-electron chi connectivity index (χ3n) is 17.2. The van der Waals surface area contributed by atoms with Crippen LogP contribution in [0.3, 0.4) is 0 Å². The Morgan fingerprint density at radius 3 is 1.54 bits per heavy atom. The molecule has 0 unspecified atom stereocenters. The summed E-state index contributed by atoms with van der Waals surface area (Å²) in [7, 11) is 0. The van der Waals surface area contributed by atoms with Crippen molar-refractivity contribution in [3.05, 3.63) is 210 Å². The number of fused-ring (bicyclic) bond motifs is 12. The van der Waals surface area contributed by atoms with Gasteiger partial charge in [-0.05, 0) is 176 Å². The lowest BCUT2D eigenvalue weighted by Gasteiger charge is -2.43. The molecule has 0 spiro atoms. The Balaban J connectivity index is 1.13. The van der Waals surface area contributed by atoms with Crippen molar-refractivity contribution in [2.24, 2.45) is 0 Å². The summed E-state index contributed by atoms with van der Waals surface area (Å²) in [6, 6.07) is 71.1. The summed E-state index contributed by atoms with van der Waals surface area (Å²) < 4.78 is 2.72. The molecule has 0 N–H and O–H groups in total. The molecule has 0 atom stereocenters. The molecule has 11 aromatic rings. The fourth-order valence-electron chi connectivity index (χ4n) is 12.6. The first-order valence-corrected chi connectivity index (χ1v) is 29.1. The van der Waals surface area contributed by atoms with Gasteiger partial charge in [-0.3, -0.25) is 0 Å². The minimum absolute atomic E-state index is 0.00295. The SMILES string of the molecule is CCc1ccc(N2c3cccc4c3B(c3ccc(-c5cc(C(C)(C)C)cc(C(C)(C)C)c5)cc3N4c3ccc(C(C)(C)C)cc3-c3ccc4c5ccccc5c5ccccc5c4c3)c3sc4ccc(C(C)(C)C)cc4c32)cc1. The highest BCUT2D eigenvalue weighted by atomic mass is 32.1. The van der Waals surface area contributed by atoms with Crippen LogP contribution in [-0.4, -0.2) is 6.71 Å². The Kier molecular flexibility index (Phi) is 11.5. The van der Waals surface area contributed by atoms with E-state index in [1.165, 1.54) is 142 Å². The molecule has 0 amide bonds. The van der Waals surface area contributed by atoms with Gasteiger partial charge in [0.1, 0.15) is 0 Å². The summed E-state index contributed by atoms with van der Waals surface area (Å²) in [4.78, 5) is 5.27. The highest BCUT2D eigenvalue weighted by Gasteiger charge is 2.46. The molecule has 2 aliphatic rings. The van der Waals surface area contributed by atoms with Crippen LogP contribution in [0.1, 0.15) is 118 Å². The second kappa shape index (κ2) is 17.8. The number of aryl methyl sites for hydroxylation is 1. The molecule has 13 rings (SSSR count). The Bertz CT molecular complexity index is 4170. The Morgan fingerprint density at radius 2 is 0.936 bits per heavy atom. The fourth-order valence-corrected chi connectivity index (χ4v) is 13.9. The smallest absolute Gasteiger partial charge is 0.264 e. The van der Waals surface area contributed by atoms with Gasteiger partial charge in [-0.25, -0.2) is 0 Å². The predicted octanol–water partition coefficient (Wildman–Crippen LogP) is 19.5. The molecule has 0 aliphatic carbocycles. The van der Waals surface area contributed by atoms with Gasteiger partial charge in [-0.1, -0.05) is 211 Å². The summed E-state index contributed by atoms with van der Waals surface area (Å²) in [5.41, 5.74) is 21.5.